The van der Waals surface area contributed by atoms with Gasteiger partial charge in [0.2, 0.25) is 5.91 Å². The Morgan fingerprint density at radius 1 is 1.17 bits per heavy atom. The molecule has 4 rings (SSSR count). The first-order valence-corrected chi connectivity index (χ1v) is 15.2. The molecule has 2 N–H and O–H groups in total. The number of nitrogens with one attached hydrogen (secondary N) is 1. The predicted molar refractivity (Wildman–Crippen MR) is 159 cm³/mol. The van der Waals surface area contributed by atoms with Crippen LogP contribution in [-0.4, -0.2) is 35.8 Å². The molecule has 3 atom stereocenters. The Morgan fingerprint density at radius 3 is 2.48 bits per heavy atom. The maximum atomic E-state index is 12.7. The van der Waals surface area contributed by atoms with Gasteiger partial charge in [-0.2, -0.15) is 13.2 Å². The molecule has 0 saturated heterocycles. The Kier molecular flexibility index (Phi) is 9.45. The molecular formula is C32H38BrF3N2O4. The molecule has 6 nitrogen and oxygen atoms in total. The molecule has 1 amide bonds. The third-order valence-corrected chi connectivity index (χ3v) is 9.74. The van der Waals surface area contributed by atoms with Crippen LogP contribution in [0.25, 0.3) is 0 Å². The maximum absolute atomic E-state index is 12.7. The lowest BCUT2D eigenvalue weighted by Gasteiger charge is -2.53. The van der Waals surface area contributed by atoms with Crippen LogP contribution in [0, 0.1) is 11.3 Å². The van der Waals surface area contributed by atoms with Gasteiger partial charge in [0.05, 0.1) is 23.1 Å². The van der Waals surface area contributed by atoms with Crippen LogP contribution in [0.3, 0.4) is 0 Å². The minimum absolute atomic E-state index is 0.0195. The van der Waals surface area contributed by atoms with E-state index in [0.29, 0.717) is 31.4 Å². The van der Waals surface area contributed by atoms with E-state index in [0.717, 1.165) is 51.8 Å². The summed E-state index contributed by atoms with van der Waals surface area (Å²) in [6.45, 7) is 8.85. The summed E-state index contributed by atoms with van der Waals surface area (Å²) in [6.07, 6.45) is -1.10. The van der Waals surface area contributed by atoms with Crippen molar-refractivity contribution >= 4 is 33.5 Å². The minimum Gasteiger partial charge on any atom is -0.481 e. The number of benzene rings is 2. The van der Waals surface area contributed by atoms with Gasteiger partial charge in [0.1, 0.15) is 6.61 Å². The van der Waals surface area contributed by atoms with Crippen LogP contribution in [0.15, 0.2) is 46.0 Å². The van der Waals surface area contributed by atoms with Gasteiger partial charge >= 0.3 is 12.1 Å². The van der Waals surface area contributed by atoms with Crippen LogP contribution in [0.5, 0.6) is 0 Å². The molecule has 2 aliphatic rings. The number of fused-ring (bicyclic) bond motifs is 3. The number of carboxylic acid groups (broad SMARTS) is 1. The van der Waals surface area contributed by atoms with E-state index in [1.165, 1.54) is 12.1 Å². The summed E-state index contributed by atoms with van der Waals surface area (Å²) < 4.78 is 39.2. The molecule has 0 radical (unpaired) electrons. The average Bonchev–Trinajstić information content (AvgIpc) is 2.90. The first-order valence-electron chi connectivity index (χ1n) is 14.4. The number of hydrogen-bond acceptors (Lipinski definition) is 4. The number of hydrogen-bond donors (Lipinski definition) is 2. The molecule has 0 bridgehead atoms. The highest BCUT2D eigenvalue weighted by Crippen LogP contribution is 2.58. The molecule has 2 aromatic rings. The van der Waals surface area contributed by atoms with E-state index < -0.39 is 23.1 Å². The lowest BCUT2D eigenvalue weighted by atomic mass is 9.49. The van der Waals surface area contributed by atoms with Gasteiger partial charge in [-0.3, -0.25) is 9.59 Å². The van der Waals surface area contributed by atoms with Crippen molar-refractivity contribution in [2.45, 2.75) is 83.7 Å². The smallest absolute Gasteiger partial charge is 0.416 e. The third-order valence-electron chi connectivity index (χ3n) is 9.06. The van der Waals surface area contributed by atoms with Crippen molar-refractivity contribution in [3.8, 4) is 0 Å². The molecule has 42 heavy (non-hydrogen) atoms. The molecule has 2 aliphatic carbocycles. The van der Waals surface area contributed by atoms with Gasteiger partial charge in [-0.15, -0.1) is 0 Å². The van der Waals surface area contributed by atoms with Crippen molar-refractivity contribution in [2.75, 3.05) is 13.2 Å². The largest absolute Gasteiger partial charge is 0.481 e. The number of alkyl halides is 3. The summed E-state index contributed by atoms with van der Waals surface area (Å²) in [5, 5.41) is 17.5. The zero-order valence-corrected chi connectivity index (χ0v) is 26.0. The van der Waals surface area contributed by atoms with E-state index in [1.54, 1.807) is 0 Å². The summed E-state index contributed by atoms with van der Waals surface area (Å²) in [4.78, 5) is 30.5. The predicted octanol–water partition coefficient (Wildman–Crippen LogP) is 7.61. The SMILES string of the molecule is CC(C)c1cc2c(cc1Br)[C@@]1(C)CCC[C@@](C)(C(=O)O)[C@@H]1C/C2=N\OCCCNC(=O)Cc1ccc(C(F)(F)F)cc1. The molecule has 2 aromatic carbocycles. The number of rotatable bonds is 9. The van der Waals surface area contributed by atoms with Crippen LogP contribution >= 0.6 is 15.9 Å². The van der Waals surface area contributed by atoms with E-state index in [4.69, 9.17) is 4.84 Å². The van der Waals surface area contributed by atoms with Gasteiger partial charge < -0.3 is 15.3 Å². The first kappa shape index (κ1) is 32.0. The number of carbonyl (C=O) groups excluding carboxylic acids is 1. The van der Waals surface area contributed by atoms with Crippen LogP contribution < -0.4 is 5.32 Å². The Bertz CT molecular complexity index is 1360. The number of carbonyl (C=O) groups is 2. The Labute approximate surface area is 253 Å². The van der Waals surface area contributed by atoms with Crippen molar-refractivity contribution < 1.29 is 32.7 Å². The Balaban J connectivity index is 1.43. The maximum Gasteiger partial charge on any atom is 0.416 e. The van der Waals surface area contributed by atoms with Crippen LogP contribution in [-0.2, 0) is 32.4 Å². The second-order valence-corrected chi connectivity index (χ2v) is 13.1. The summed E-state index contributed by atoms with van der Waals surface area (Å²) in [5.74, 6) is -0.947. The molecule has 0 spiro atoms. The minimum atomic E-state index is -4.41. The van der Waals surface area contributed by atoms with Crippen LogP contribution in [0.4, 0.5) is 13.2 Å². The molecule has 228 valence electrons. The molecule has 0 unspecified atom stereocenters. The van der Waals surface area contributed by atoms with E-state index in [9.17, 15) is 27.9 Å². The van der Waals surface area contributed by atoms with Crippen LogP contribution in [0.2, 0.25) is 0 Å². The normalized spacial score (nSPS) is 24.7. The zero-order chi connectivity index (χ0) is 30.9. The second kappa shape index (κ2) is 12.4. The summed E-state index contributed by atoms with van der Waals surface area (Å²) in [6, 6.07) is 8.85. The number of amides is 1. The highest BCUT2D eigenvalue weighted by molar-refractivity contribution is 9.10. The van der Waals surface area contributed by atoms with Crippen molar-refractivity contribution in [3.63, 3.8) is 0 Å². The van der Waals surface area contributed by atoms with Crippen molar-refractivity contribution in [1.29, 1.82) is 0 Å². The third kappa shape index (κ3) is 6.53. The molecular weight excluding hydrogens is 613 g/mol. The lowest BCUT2D eigenvalue weighted by molar-refractivity contribution is -0.156. The van der Waals surface area contributed by atoms with Crippen molar-refractivity contribution in [3.05, 3.63) is 68.7 Å². The van der Waals surface area contributed by atoms with E-state index in [-0.39, 0.29) is 36.2 Å². The van der Waals surface area contributed by atoms with Gasteiger partial charge in [0.25, 0.3) is 0 Å². The number of oxime groups is 1. The van der Waals surface area contributed by atoms with Crippen molar-refractivity contribution in [1.82, 2.24) is 5.32 Å². The summed E-state index contributed by atoms with van der Waals surface area (Å²) in [5.41, 5.74) is 2.54. The molecule has 10 heteroatoms. The Morgan fingerprint density at radius 2 is 1.86 bits per heavy atom. The summed E-state index contributed by atoms with van der Waals surface area (Å²) in [7, 11) is 0. The fourth-order valence-electron chi connectivity index (χ4n) is 6.58. The van der Waals surface area contributed by atoms with Gasteiger partial charge in [-0.25, -0.2) is 0 Å². The highest BCUT2D eigenvalue weighted by atomic mass is 79.9. The molecule has 1 fully saturated rings. The van der Waals surface area contributed by atoms with Gasteiger partial charge in [0, 0.05) is 23.0 Å². The second-order valence-electron chi connectivity index (χ2n) is 12.3. The van der Waals surface area contributed by atoms with Crippen LogP contribution in [0.1, 0.15) is 93.5 Å². The number of halogens is 4. The van der Waals surface area contributed by atoms with Gasteiger partial charge in [-0.1, -0.05) is 60.4 Å². The van der Waals surface area contributed by atoms with E-state index >= 15 is 0 Å². The number of carboxylic acids is 1. The fourth-order valence-corrected chi connectivity index (χ4v) is 7.39. The first-order chi connectivity index (χ1) is 19.7. The molecule has 0 heterocycles. The van der Waals surface area contributed by atoms with Gasteiger partial charge in [0.15, 0.2) is 0 Å². The van der Waals surface area contributed by atoms with E-state index in [1.807, 2.05) is 6.92 Å². The van der Waals surface area contributed by atoms with Crippen molar-refractivity contribution in [2.24, 2.45) is 16.5 Å². The number of aliphatic carboxylic acids is 1. The molecule has 0 aromatic heterocycles. The quantitative estimate of drug-likeness (QED) is 0.216. The number of nitrogens with zero attached hydrogens (tertiary/aromatic N) is 1. The topological polar surface area (TPSA) is 88.0 Å². The molecule has 0 aliphatic heterocycles. The lowest BCUT2D eigenvalue weighted by Crippen LogP contribution is -2.53. The summed E-state index contributed by atoms with van der Waals surface area (Å²) >= 11 is 3.75. The highest BCUT2D eigenvalue weighted by Gasteiger charge is 2.56. The Hall–Kier alpha value is -2.88. The molecule has 1 saturated carbocycles. The zero-order valence-electron chi connectivity index (χ0n) is 24.4. The average molecular weight is 652 g/mol. The fraction of sp³-hybridized carbons (Fsp3) is 0.531. The standard InChI is InChI=1S/C32H38BrF3N2O4/c1-19(2)22-16-23-24(17-25(22)33)30(3)11-5-12-31(4,29(40)41)27(30)18-26(23)38-42-14-6-13-37-28(39)15-20-7-9-21(10-8-20)32(34,35)36/h7-10,16-17,19,27H,5-6,11-15,18H2,1-4H3,(H,37,39)(H,40,41)/b38-26+/t27-,30-,31-/m1/s1. The van der Waals surface area contributed by atoms with E-state index in [2.05, 4.69) is 59.3 Å². The van der Waals surface area contributed by atoms with Gasteiger partial charge in [-0.05, 0) is 84.4 Å². The monoisotopic (exact) mass is 650 g/mol.